The van der Waals surface area contributed by atoms with Crippen LogP contribution in [0.4, 0.5) is 0 Å². The van der Waals surface area contributed by atoms with Crippen LogP contribution >= 0.6 is 12.4 Å². The van der Waals surface area contributed by atoms with Crippen molar-refractivity contribution in [2.75, 3.05) is 13.1 Å². The van der Waals surface area contributed by atoms with E-state index in [2.05, 4.69) is 30.9 Å². The summed E-state index contributed by atoms with van der Waals surface area (Å²) in [6, 6.07) is 10.5. The fourth-order valence-electron chi connectivity index (χ4n) is 3.76. The highest BCUT2D eigenvalue weighted by Crippen LogP contribution is 2.46. The molecule has 1 saturated carbocycles. The first-order chi connectivity index (χ1) is 9.96. The minimum atomic E-state index is -0.265. The summed E-state index contributed by atoms with van der Waals surface area (Å²) in [6.45, 7) is 5.93. The maximum atomic E-state index is 13.2. The molecular weight excluding hydrogens is 296 g/mol. The number of hydrogen-bond donors (Lipinski definition) is 1. The van der Waals surface area contributed by atoms with Gasteiger partial charge in [-0.15, -0.1) is 12.4 Å². The number of carbonyl (C=O) groups excluding carboxylic acids is 1. The zero-order valence-electron chi connectivity index (χ0n) is 13.5. The number of nitrogens with zero attached hydrogens (tertiary/aromatic N) is 1. The van der Waals surface area contributed by atoms with Crippen LogP contribution in [0.3, 0.4) is 0 Å². The van der Waals surface area contributed by atoms with Gasteiger partial charge >= 0.3 is 0 Å². The number of hydrogen-bond acceptors (Lipinski definition) is 2. The fourth-order valence-corrected chi connectivity index (χ4v) is 3.76. The van der Waals surface area contributed by atoms with Crippen LogP contribution < -0.4 is 5.73 Å². The predicted octanol–water partition coefficient (Wildman–Crippen LogP) is 3.12. The van der Waals surface area contributed by atoms with Crippen LogP contribution in [-0.2, 0) is 10.2 Å². The number of carbonyl (C=O) groups is 1. The van der Waals surface area contributed by atoms with E-state index in [1.165, 1.54) is 5.56 Å². The Balaban J connectivity index is 0.00000176. The molecule has 122 valence electrons. The topological polar surface area (TPSA) is 46.3 Å². The molecule has 0 bridgehead atoms. The molecule has 0 aromatic heterocycles. The van der Waals surface area contributed by atoms with Crippen molar-refractivity contribution in [3.05, 3.63) is 35.9 Å². The average molecular weight is 323 g/mol. The van der Waals surface area contributed by atoms with Crippen molar-refractivity contribution in [3.8, 4) is 0 Å². The number of rotatable bonds is 2. The Bertz CT molecular complexity index is 525. The van der Waals surface area contributed by atoms with Gasteiger partial charge in [-0.1, -0.05) is 50.6 Å². The normalized spacial score (nSPS) is 25.8. The Morgan fingerprint density at radius 3 is 2.36 bits per heavy atom. The SMILES string of the molecule is CC1(C)CN(C(=O)C2(c3ccccc3)CCC2)CCC1N.Cl. The Morgan fingerprint density at radius 1 is 1.23 bits per heavy atom. The van der Waals surface area contributed by atoms with Gasteiger partial charge in [-0.25, -0.2) is 0 Å². The zero-order valence-corrected chi connectivity index (χ0v) is 14.4. The van der Waals surface area contributed by atoms with E-state index in [1.807, 2.05) is 18.2 Å². The summed E-state index contributed by atoms with van der Waals surface area (Å²) in [5.41, 5.74) is 7.14. The second-order valence-electron chi connectivity index (χ2n) is 7.41. The quantitative estimate of drug-likeness (QED) is 0.909. The van der Waals surface area contributed by atoms with E-state index in [0.29, 0.717) is 5.91 Å². The van der Waals surface area contributed by atoms with Crippen molar-refractivity contribution in [2.24, 2.45) is 11.1 Å². The lowest BCUT2D eigenvalue weighted by Gasteiger charge is -2.49. The first-order valence-electron chi connectivity index (χ1n) is 8.06. The highest BCUT2D eigenvalue weighted by Gasteiger charge is 2.49. The summed E-state index contributed by atoms with van der Waals surface area (Å²) in [7, 11) is 0. The number of halogens is 1. The molecule has 0 radical (unpaired) electrons. The van der Waals surface area contributed by atoms with E-state index in [1.54, 1.807) is 0 Å². The van der Waals surface area contributed by atoms with Crippen molar-refractivity contribution in [2.45, 2.75) is 51.0 Å². The Morgan fingerprint density at radius 2 is 1.86 bits per heavy atom. The lowest BCUT2D eigenvalue weighted by atomic mass is 9.63. The van der Waals surface area contributed by atoms with Crippen LogP contribution in [-0.4, -0.2) is 29.9 Å². The summed E-state index contributed by atoms with van der Waals surface area (Å²) in [5, 5.41) is 0. The van der Waals surface area contributed by atoms with Gasteiger partial charge in [-0.3, -0.25) is 4.79 Å². The highest BCUT2D eigenvalue weighted by molar-refractivity contribution is 5.89. The number of benzene rings is 1. The monoisotopic (exact) mass is 322 g/mol. The van der Waals surface area contributed by atoms with Crippen molar-refractivity contribution in [3.63, 3.8) is 0 Å². The molecule has 2 fully saturated rings. The molecule has 1 unspecified atom stereocenters. The van der Waals surface area contributed by atoms with Gasteiger partial charge in [0, 0.05) is 19.1 Å². The number of nitrogens with two attached hydrogens (primary N) is 1. The molecule has 4 heteroatoms. The molecule has 3 rings (SSSR count). The molecule has 1 aliphatic carbocycles. The van der Waals surface area contributed by atoms with Crippen LogP contribution in [0.25, 0.3) is 0 Å². The molecule has 1 aromatic carbocycles. The van der Waals surface area contributed by atoms with Gasteiger partial charge in [-0.2, -0.15) is 0 Å². The van der Waals surface area contributed by atoms with Gasteiger partial charge in [0.2, 0.25) is 5.91 Å². The molecule has 1 heterocycles. The average Bonchev–Trinajstić information content (AvgIpc) is 2.42. The van der Waals surface area contributed by atoms with Gasteiger partial charge in [0.25, 0.3) is 0 Å². The third kappa shape index (κ3) is 2.77. The van der Waals surface area contributed by atoms with Crippen LogP contribution in [0, 0.1) is 5.41 Å². The van der Waals surface area contributed by atoms with E-state index < -0.39 is 0 Å². The van der Waals surface area contributed by atoms with Gasteiger partial charge in [0.05, 0.1) is 5.41 Å². The van der Waals surface area contributed by atoms with E-state index in [0.717, 1.165) is 38.8 Å². The summed E-state index contributed by atoms with van der Waals surface area (Å²) in [6.07, 6.45) is 4.03. The summed E-state index contributed by atoms with van der Waals surface area (Å²) in [4.78, 5) is 15.2. The molecule has 2 N–H and O–H groups in total. The standard InChI is InChI=1S/C18H26N2O.ClH/c1-17(2)13-20(12-9-15(17)19)16(21)18(10-6-11-18)14-7-4-3-5-8-14;/h3-5,7-8,15H,6,9-13,19H2,1-2H3;1H. The second kappa shape index (κ2) is 6.21. The number of likely N-dealkylation sites (tertiary alicyclic amines) is 1. The smallest absolute Gasteiger partial charge is 0.233 e. The Labute approximate surface area is 139 Å². The zero-order chi connectivity index (χ0) is 15.1. The third-order valence-electron chi connectivity index (χ3n) is 5.54. The minimum Gasteiger partial charge on any atom is -0.341 e. The lowest BCUT2D eigenvalue weighted by molar-refractivity contribution is -0.144. The van der Waals surface area contributed by atoms with Crippen LogP contribution in [0.2, 0.25) is 0 Å². The molecule has 1 aromatic rings. The minimum absolute atomic E-state index is 0. The molecule has 2 aliphatic rings. The number of amides is 1. The molecule has 0 spiro atoms. The highest BCUT2D eigenvalue weighted by atomic mass is 35.5. The van der Waals surface area contributed by atoms with Gasteiger partial charge < -0.3 is 10.6 Å². The molecule has 22 heavy (non-hydrogen) atoms. The van der Waals surface area contributed by atoms with Crippen LogP contribution in [0.1, 0.15) is 45.1 Å². The van der Waals surface area contributed by atoms with Crippen molar-refractivity contribution >= 4 is 18.3 Å². The molecule has 1 atom stereocenters. The largest absolute Gasteiger partial charge is 0.341 e. The second-order valence-corrected chi connectivity index (χ2v) is 7.41. The van der Waals surface area contributed by atoms with Gasteiger partial charge in [0.15, 0.2) is 0 Å². The van der Waals surface area contributed by atoms with Crippen molar-refractivity contribution < 1.29 is 4.79 Å². The Kier molecular flexibility index (Phi) is 4.88. The molecular formula is C18H27ClN2O. The third-order valence-corrected chi connectivity index (χ3v) is 5.54. The van der Waals surface area contributed by atoms with E-state index in [-0.39, 0.29) is 29.3 Å². The first-order valence-corrected chi connectivity index (χ1v) is 8.06. The lowest BCUT2D eigenvalue weighted by Crippen LogP contribution is -2.59. The van der Waals surface area contributed by atoms with E-state index in [4.69, 9.17) is 5.73 Å². The summed E-state index contributed by atoms with van der Waals surface area (Å²) >= 11 is 0. The van der Waals surface area contributed by atoms with Crippen molar-refractivity contribution in [1.29, 1.82) is 0 Å². The van der Waals surface area contributed by atoms with Crippen LogP contribution in [0.15, 0.2) is 30.3 Å². The molecule has 1 amide bonds. The maximum absolute atomic E-state index is 13.2. The number of piperidine rings is 1. The van der Waals surface area contributed by atoms with Gasteiger partial charge in [-0.05, 0) is 30.2 Å². The fraction of sp³-hybridized carbons (Fsp3) is 0.611. The molecule has 1 aliphatic heterocycles. The summed E-state index contributed by atoms with van der Waals surface area (Å²) < 4.78 is 0. The van der Waals surface area contributed by atoms with Crippen molar-refractivity contribution in [1.82, 2.24) is 4.90 Å². The first kappa shape index (κ1) is 17.3. The summed E-state index contributed by atoms with van der Waals surface area (Å²) in [5.74, 6) is 0.319. The molecule has 1 saturated heterocycles. The van der Waals surface area contributed by atoms with Crippen LogP contribution in [0.5, 0.6) is 0 Å². The predicted molar refractivity (Wildman–Crippen MR) is 92.2 cm³/mol. The van der Waals surface area contributed by atoms with Gasteiger partial charge in [0.1, 0.15) is 0 Å². The Hall–Kier alpha value is -1.06. The van der Waals surface area contributed by atoms with E-state index >= 15 is 0 Å². The maximum Gasteiger partial charge on any atom is 0.233 e. The van der Waals surface area contributed by atoms with E-state index in [9.17, 15) is 4.79 Å². The molecule has 3 nitrogen and oxygen atoms in total.